The number of hydrogen-bond acceptors (Lipinski definition) is 6. The molecule has 0 saturated carbocycles. The first-order chi connectivity index (χ1) is 18.4. The van der Waals surface area contributed by atoms with Gasteiger partial charge >= 0.3 is 6.03 Å². The van der Waals surface area contributed by atoms with Crippen molar-refractivity contribution in [1.82, 2.24) is 9.80 Å². The van der Waals surface area contributed by atoms with Crippen LogP contribution in [0.25, 0.3) is 0 Å². The van der Waals surface area contributed by atoms with E-state index < -0.39 is 11.8 Å². The van der Waals surface area contributed by atoms with Gasteiger partial charge in [0.05, 0.1) is 6.54 Å². The first-order valence-electron chi connectivity index (χ1n) is 12.5. The van der Waals surface area contributed by atoms with Crippen molar-refractivity contribution in [3.8, 4) is 11.5 Å². The lowest BCUT2D eigenvalue weighted by Crippen LogP contribution is -2.44. The molecule has 10 heteroatoms. The molecule has 0 saturated heterocycles. The summed E-state index contributed by atoms with van der Waals surface area (Å²) >= 11 is 1.59. The van der Waals surface area contributed by atoms with E-state index in [-0.39, 0.29) is 19.2 Å². The number of thiophene rings is 1. The molecular weight excluding hydrogens is 509 g/mol. The van der Waals surface area contributed by atoms with Crippen molar-refractivity contribution in [3.63, 3.8) is 0 Å². The first-order valence-corrected chi connectivity index (χ1v) is 13.4. The van der Waals surface area contributed by atoms with Crippen LogP contribution in [0.3, 0.4) is 0 Å². The zero-order valence-corrected chi connectivity index (χ0v) is 22.4. The van der Waals surface area contributed by atoms with E-state index in [2.05, 4.69) is 5.32 Å². The fourth-order valence-corrected chi connectivity index (χ4v) is 4.94. The lowest BCUT2D eigenvalue weighted by molar-refractivity contribution is -0.133. The Bertz CT molecular complexity index is 1250. The number of hydrogen-bond donors (Lipinski definition) is 1. The number of anilines is 1. The summed E-state index contributed by atoms with van der Waals surface area (Å²) in [4.78, 5) is 31.1. The normalized spacial score (nSPS) is 11.9. The van der Waals surface area contributed by atoms with Gasteiger partial charge in [-0.3, -0.25) is 4.79 Å². The highest BCUT2D eigenvalue weighted by molar-refractivity contribution is 7.10. The average Bonchev–Trinajstić information content (AvgIpc) is 3.53. The molecule has 1 aromatic heterocycles. The topological polar surface area (TPSA) is 80.3 Å². The van der Waals surface area contributed by atoms with Crippen LogP contribution in [0.15, 0.2) is 53.9 Å². The zero-order chi connectivity index (χ0) is 26.9. The van der Waals surface area contributed by atoms with Gasteiger partial charge in [0.1, 0.15) is 12.4 Å². The van der Waals surface area contributed by atoms with Gasteiger partial charge in [-0.15, -0.1) is 11.3 Å². The summed E-state index contributed by atoms with van der Waals surface area (Å²) in [6.45, 7) is 6.04. The minimum Gasteiger partial charge on any atom is -0.454 e. The first kappa shape index (κ1) is 27.4. The highest BCUT2D eigenvalue weighted by Crippen LogP contribution is 2.33. The van der Waals surface area contributed by atoms with Crippen molar-refractivity contribution in [2.45, 2.75) is 33.4 Å². The second-order valence-corrected chi connectivity index (χ2v) is 9.88. The van der Waals surface area contributed by atoms with Gasteiger partial charge in [0.15, 0.2) is 11.5 Å². The zero-order valence-electron chi connectivity index (χ0n) is 21.6. The molecule has 0 atom stereocenters. The van der Waals surface area contributed by atoms with Crippen LogP contribution < -0.4 is 14.8 Å². The third kappa shape index (κ3) is 7.45. The Hall–Kier alpha value is -3.63. The van der Waals surface area contributed by atoms with Gasteiger partial charge in [0, 0.05) is 36.9 Å². The molecule has 4 rings (SSSR count). The number of ether oxygens (including phenoxy) is 3. The van der Waals surface area contributed by atoms with Crippen LogP contribution in [0.4, 0.5) is 14.9 Å². The Balaban J connectivity index is 1.51. The highest BCUT2D eigenvalue weighted by atomic mass is 32.1. The second-order valence-electron chi connectivity index (χ2n) is 8.88. The Labute approximate surface area is 225 Å². The van der Waals surface area contributed by atoms with Crippen molar-refractivity contribution in [3.05, 3.63) is 75.7 Å². The largest absolute Gasteiger partial charge is 0.454 e. The van der Waals surface area contributed by atoms with Crippen molar-refractivity contribution in [1.29, 1.82) is 0 Å². The number of nitrogens with one attached hydrogen (secondary N) is 1. The van der Waals surface area contributed by atoms with E-state index in [9.17, 15) is 14.0 Å². The van der Waals surface area contributed by atoms with Crippen LogP contribution in [0, 0.1) is 12.7 Å². The van der Waals surface area contributed by atoms with Crippen LogP contribution in [-0.4, -0.2) is 54.8 Å². The molecule has 1 N–H and O–H groups in total. The molecule has 0 spiro atoms. The van der Waals surface area contributed by atoms with Gasteiger partial charge in [-0.2, -0.15) is 0 Å². The third-order valence-corrected chi connectivity index (χ3v) is 7.08. The number of carbonyl (C=O) groups excluding carboxylic acids is 2. The maximum Gasteiger partial charge on any atom is 0.322 e. The lowest BCUT2D eigenvalue weighted by Gasteiger charge is -2.28. The average molecular weight is 542 g/mol. The van der Waals surface area contributed by atoms with Crippen molar-refractivity contribution >= 4 is 29.0 Å². The maximum atomic E-state index is 13.7. The second kappa shape index (κ2) is 13.3. The van der Waals surface area contributed by atoms with Crippen LogP contribution in [0.1, 0.15) is 29.3 Å². The molecular formula is C28H32FN3O5S. The predicted molar refractivity (Wildman–Crippen MR) is 144 cm³/mol. The molecule has 8 nitrogen and oxygen atoms in total. The molecule has 202 valence electrons. The summed E-state index contributed by atoms with van der Waals surface area (Å²) in [6.07, 6.45) is 0.559. The van der Waals surface area contributed by atoms with Gasteiger partial charge < -0.3 is 29.3 Å². The fraction of sp³-hybridized carbons (Fsp3) is 0.357. The van der Waals surface area contributed by atoms with Crippen LogP contribution in [-0.2, 0) is 22.6 Å². The Morgan fingerprint density at radius 3 is 2.68 bits per heavy atom. The molecule has 38 heavy (non-hydrogen) atoms. The summed E-state index contributed by atoms with van der Waals surface area (Å²) in [5.74, 6) is 0.661. The molecule has 0 unspecified atom stereocenters. The number of carbonyl (C=O) groups is 2. The van der Waals surface area contributed by atoms with E-state index in [0.29, 0.717) is 56.5 Å². The molecule has 2 aromatic carbocycles. The number of fused-ring (bicyclic) bond motifs is 1. The number of rotatable bonds is 12. The van der Waals surface area contributed by atoms with Gasteiger partial charge in [0.25, 0.3) is 0 Å². The Kier molecular flexibility index (Phi) is 9.56. The lowest BCUT2D eigenvalue weighted by atomic mass is 10.1. The minimum absolute atomic E-state index is 0.137. The summed E-state index contributed by atoms with van der Waals surface area (Å²) < 4.78 is 30.0. The van der Waals surface area contributed by atoms with E-state index in [1.165, 1.54) is 23.1 Å². The van der Waals surface area contributed by atoms with Crippen LogP contribution in [0.5, 0.6) is 11.5 Å². The van der Waals surface area contributed by atoms with Gasteiger partial charge in [-0.1, -0.05) is 12.1 Å². The van der Waals surface area contributed by atoms with E-state index in [4.69, 9.17) is 14.2 Å². The number of aryl methyl sites for hydroxylation is 1. The molecule has 0 bridgehead atoms. The molecule has 1 aliphatic rings. The quantitative estimate of drug-likeness (QED) is 0.310. The summed E-state index contributed by atoms with van der Waals surface area (Å²) in [6, 6.07) is 12.8. The predicted octanol–water partition coefficient (Wildman–Crippen LogP) is 5.41. The van der Waals surface area contributed by atoms with Gasteiger partial charge in [0.2, 0.25) is 12.7 Å². The number of nitrogens with zero attached hydrogens (tertiary/aromatic N) is 2. The van der Waals surface area contributed by atoms with Gasteiger partial charge in [-0.25, -0.2) is 9.18 Å². The summed E-state index contributed by atoms with van der Waals surface area (Å²) in [5.41, 5.74) is 2.32. The number of urea groups is 1. The number of benzene rings is 2. The maximum absolute atomic E-state index is 13.7. The Morgan fingerprint density at radius 2 is 1.92 bits per heavy atom. The molecule has 3 aromatic rings. The monoisotopic (exact) mass is 541 g/mol. The highest BCUT2D eigenvalue weighted by Gasteiger charge is 2.24. The molecule has 3 amide bonds. The van der Waals surface area contributed by atoms with E-state index in [1.54, 1.807) is 22.3 Å². The standard InChI is InChI=1S/C28H32FN3O5S/c1-3-35-12-5-11-31(28(34)30-23-7-4-6-22(29)15-23)18-27(33)32(17-26-20(2)10-13-38-26)16-21-8-9-24-25(14-21)37-19-36-24/h4,6-10,13-15H,3,5,11-12,16-19H2,1-2H3,(H,30,34). The SMILES string of the molecule is CCOCCCN(CC(=O)N(Cc1ccc2c(c1)OCO2)Cc1sccc1C)C(=O)Nc1cccc(F)c1. The number of amides is 3. The fourth-order valence-electron chi connectivity index (χ4n) is 4.02. The molecule has 0 radical (unpaired) electrons. The molecule has 0 aliphatic carbocycles. The summed E-state index contributed by atoms with van der Waals surface area (Å²) in [5, 5.41) is 4.71. The minimum atomic E-state index is -0.476. The smallest absolute Gasteiger partial charge is 0.322 e. The Morgan fingerprint density at radius 1 is 1.08 bits per heavy atom. The van der Waals surface area contributed by atoms with Crippen molar-refractivity contribution < 1.29 is 28.2 Å². The van der Waals surface area contributed by atoms with Crippen molar-refractivity contribution in [2.75, 3.05) is 38.4 Å². The van der Waals surface area contributed by atoms with Crippen LogP contribution in [0.2, 0.25) is 0 Å². The molecule has 2 heterocycles. The van der Waals surface area contributed by atoms with E-state index >= 15 is 0 Å². The third-order valence-electron chi connectivity index (χ3n) is 6.08. The molecule has 0 fully saturated rings. The van der Waals surface area contributed by atoms with E-state index in [0.717, 1.165) is 16.0 Å². The van der Waals surface area contributed by atoms with Crippen LogP contribution >= 0.6 is 11.3 Å². The summed E-state index contributed by atoms with van der Waals surface area (Å²) in [7, 11) is 0. The van der Waals surface area contributed by atoms with Crippen molar-refractivity contribution in [2.24, 2.45) is 0 Å². The molecule has 1 aliphatic heterocycles. The van der Waals surface area contributed by atoms with E-state index in [1.807, 2.05) is 43.5 Å². The number of halogens is 1. The van der Waals surface area contributed by atoms with Gasteiger partial charge in [-0.05, 0) is 73.2 Å².